The highest BCUT2D eigenvalue weighted by Gasteiger charge is 2.24. The molecule has 0 spiro atoms. The molecule has 1 fully saturated rings. The van der Waals surface area contributed by atoms with Crippen molar-refractivity contribution < 1.29 is 19.0 Å². The van der Waals surface area contributed by atoms with Gasteiger partial charge in [0.25, 0.3) is 0 Å². The summed E-state index contributed by atoms with van der Waals surface area (Å²) in [4.78, 5) is 27.6. The molecule has 9 nitrogen and oxygen atoms in total. The predicted molar refractivity (Wildman–Crippen MR) is 133 cm³/mol. The SMILES string of the molecule is CC(C)c1nn(-c2cccc(F)c2)c2nc(C(=O)O)cc(-c3cnc(N(C)C4CCOCC4)nc3)c12. The van der Waals surface area contributed by atoms with Crippen LogP contribution in [0.5, 0.6) is 0 Å². The molecule has 1 aliphatic heterocycles. The monoisotopic (exact) mass is 490 g/mol. The van der Waals surface area contributed by atoms with E-state index in [4.69, 9.17) is 9.84 Å². The van der Waals surface area contributed by atoms with Crippen molar-refractivity contribution in [1.29, 1.82) is 0 Å². The highest BCUT2D eigenvalue weighted by atomic mass is 19.1. The number of carboxylic acid groups (broad SMARTS) is 1. The van der Waals surface area contributed by atoms with Gasteiger partial charge < -0.3 is 14.7 Å². The molecule has 186 valence electrons. The third-order valence-corrected chi connectivity index (χ3v) is 6.49. The second-order valence-electron chi connectivity index (χ2n) is 9.22. The predicted octanol–water partition coefficient (Wildman–Crippen LogP) is 4.45. The molecule has 0 amide bonds. The van der Waals surface area contributed by atoms with Crippen molar-refractivity contribution in [1.82, 2.24) is 24.7 Å². The molecule has 0 bridgehead atoms. The Morgan fingerprint density at radius 2 is 1.92 bits per heavy atom. The minimum atomic E-state index is -1.17. The maximum Gasteiger partial charge on any atom is 0.354 e. The average Bonchev–Trinajstić information content (AvgIpc) is 3.28. The number of rotatable bonds is 6. The van der Waals surface area contributed by atoms with Crippen LogP contribution < -0.4 is 4.90 Å². The van der Waals surface area contributed by atoms with E-state index in [0.717, 1.165) is 18.5 Å². The van der Waals surface area contributed by atoms with Crippen molar-refractivity contribution in [2.75, 3.05) is 25.2 Å². The molecule has 0 atom stereocenters. The molecule has 0 aliphatic carbocycles. The van der Waals surface area contributed by atoms with Gasteiger partial charge in [0.05, 0.1) is 16.8 Å². The Hall–Kier alpha value is -3.92. The zero-order chi connectivity index (χ0) is 25.4. The Morgan fingerprint density at radius 1 is 1.19 bits per heavy atom. The third kappa shape index (κ3) is 4.39. The van der Waals surface area contributed by atoms with Gasteiger partial charge in [-0.15, -0.1) is 0 Å². The van der Waals surface area contributed by atoms with Crippen LogP contribution in [0, 0.1) is 5.82 Å². The largest absolute Gasteiger partial charge is 0.477 e. The van der Waals surface area contributed by atoms with Crippen molar-refractivity contribution >= 4 is 23.0 Å². The lowest BCUT2D eigenvalue weighted by molar-refractivity contribution is 0.0691. The Morgan fingerprint density at radius 3 is 2.56 bits per heavy atom. The Kier molecular flexibility index (Phi) is 6.36. The van der Waals surface area contributed by atoms with E-state index in [1.54, 1.807) is 24.5 Å². The number of hydrogen-bond acceptors (Lipinski definition) is 7. The first-order valence-electron chi connectivity index (χ1n) is 11.9. The summed E-state index contributed by atoms with van der Waals surface area (Å²) in [5, 5.41) is 15.2. The van der Waals surface area contributed by atoms with E-state index >= 15 is 0 Å². The lowest BCUT2D eigenvalue weighted by Crippen LogP contribution is -2.37. The lowest BCUT2D eigenvalue weighted by Gasteiger charge is -2.31. The van der Waals surface area contributed by atoms with Crippen LogP contribution in [0.15, 0.2) is 42.7 Å². The van der Waals surface area contributed by atoms with Crippen molar-refractivity contribution in [3.05, 3.63) is 59.9 Å². The van der Waals surface area contributed by atoms with Crippen LogP contribution in [0.25, 0.3) is 27.8 Å². The van der Waals surface area contributed by atoms with Crippen molar-refractivity contribution in [3.8, 4) is 16.8 Å². The molecular formula is C26H27FN6O3. The molecule has 0 saturated carbocycles. The number of ether oxygens (including phenoxy) is 1. The number of aromatic carboxylic acids is 1. The highest BCUT2D eigenvalue weighted by Crippen LogP contribution is 2.35. The van der Waals surface area contributed by atoms with Gasteiger partial charge in [0, 0.05) is 49.8 Å². The standard InChI is InChI=1S/C26H27FN6O3/c1-15(2)23-22-20(16-13-28-26(29-14-16)32(3)18-7-9-36-10-8-18)12-21(25(34)35)30-24(22)33(31-23)19-6-4-5-17(27)11-19/h4-6,11-15,18H,7-10H2,1-3H3,(H,34,35). The zero-order valence-corrected chi connectivity index (χ0v) is 20.3. The van der Waals surface area contributed by atoms with Gasteiger partial charge in [0.1, 0.15) is 5.82 Å². The van der Waals surface area contributed by atoms with Gasteiger partial charge in [-0.3, -0.25) is 0 Å². The second-order valence-corrected chi connectivity index (χ2v) is 9.22. The van der Waals surface area contributed by atoms with Gasteiger partial charge in [-0.2, -0.15) is 5.10 Å². The topological polar surface area (TPSA) is 106 Å². The van der Waals surface area contributed by atoms with Crippen molar-refractivity contribution in [3.63, 3.8) is 0 Å². The number of anilines is 1. The zero-order valence-electron chi connectivity index (χ0n) is 20.3. The van der Waals surface area contributed by atoms with Crippen LogP contribution in [0.2, 0.25) is 0 Å². The molecule has 0 unspecified atom stereocenters. The quantitative estimate of drug-likeness (QED) is 0.422. The Labute approximate surface area is 207 Å². The van der Waals surface area contributed by atoms with Crippen LogP contribution >= 0.6 is 0 Å². The average molecular weight is 491 g/mol. The first-order chi connectivity index (χ1) is 17.3. The molecule has 1 aromatic carbocycles. The van der Waals surface area contributed by atoms with Gasteiger partial charge in [-0.1, -0.05) is 19.9 Å². The van der Waals surface area contributed by atoms with Gasteiger partial charge in [-0.25, -0.2) is 28.8 Å². The number of aromatic nitrogens is 5. The van der Waals surface area contributed by atoms with Gasteiger partial charge in [-0.05, 0) is 43.0 Å². The Balaban J connectivity index is 1.66. The van der Waals surface area contributed by atoms with Gasteiger partial charge in [0.2, 0.25) is 5.95 Å². The first kappa shape index (κ1) is 23.8. The lowest BCUT2D eigenvalue weighted by atomic mass is 9.99. The van der Waals surface area contributed by atoms with Crippen LogP contribution in [-0.2, 0) is 4.74 Å². The fraction of sp³-hybridized carbons (Fsp3) is 0.346. The summed E-state index contributed by atoms with van der Waals surface area (Å²) in [6.45, 7) is 5.42. The fourth-order valence-corrected chi connectivity index (χ4v) is 4.55. The van der Waals surface area contributed by atoms with E-state index in [0.29, 0.717) is 53.1 Å². The van der Waals surface area contributed by atoms with E-state index in [1.165, 1.54) is 22.9 Å². The molecule has 5 rings (SSSR count). The molecule has 1 saturated heterocycles. The summed E-state index contributed by atoms with van der Waals surface area (Å²) >= 11 is 0. The molecular weight excluding hydrogens is 463 g/mol. The molecule has 0 radical (unpaired) electrons. The van der Waals surface area contributed by atoms with Gasteiger partial charge in [0.15, 0.2) is 11.3 Å². The number of carboxylic acids is 1. The van der Waals surface area contributed by atoms with E-state index in [9.17, 15) is 14.3 Å². The molecule has 36 heavy (non-hydrogen) atoms. The number of pyridine rings is 1. The molecule has 1 N–H and O–H groups in total. The van der Waals surface area contributed by atoms with Crippen LogP contribution in [0.1, 0.15) is 48.8 Å². The van der Waals surface area contributed by atoms with Crippen LogP contribution in [-0.4, -0.2) is 62.1 Å². The molecule has 1 aliphatic rings. The van der Waals surface area contributed by atoms with Gasteiger partial charge >= 0.3 is 5.97 Å². The smallest absolute Gasteiger partial charge is 0.354 e. The van der Waals surface area contributed by atoms with Crippen molar-refractivity contribution in [2.45, 2.75) is 38.6 Å². The minimum Gasteiger partial charge on any atom is -0.477 e. The summed E-state index contributed by atoms with van der Waals surface area (Å²) in [6, 6.07) is 7.79. The molecule has 4 aromatic rings. The highest BCUT2D eigenvalue weighted by molar-refractivity contribution is 6.00. The minimum absolute atomic E-state index is 0.00150. The summed E-state index contributed by atoms with van der Waals surface area (Å²) in [7, 11) is 1.97. The summed E-state index contributed by atoms with van der Waals surface area (Å²) in [5.74, 6) is -1.00. The molecule has 10 heteroatoms. The number of benzene rings is 1. The normalized spacial score (nSPS) is 14.5. The Bertz CT molecular complexity index is 1410. The second kappa shape index (κ2) is 9.62. The number of nitrogens with zero attached hydrogens (tertiary/aromatic N) is 6. The van der Waals surface area contributed by atoms with E-state index in [-0.39, 0.29) is 11.6 Å². The number of hydrogen-bond donors (Lipinski definition) is 1. The van der Waals surface area contributed by atoms with E-state index in [1.807, 2.05) is 20.9 Å². The third-order valence-electron chi connectivity index (χ3n) is 6.49. The van der Waals surface area contributed by atoms with Crippen LogP contribution in [0.3, 0.4) is 0 Å². The van der Waals surface area contributed by atoms with E-state index in [2.05, 4.69) is 19.9 Å². The maximum absolute atomic E-state index is 14.0. The number of fused-ring (bicyclic) bond motifs is 1. The number of carbonyl (C=O) groups is 1. The summed E-state index contributed by atoms with van der Waals surface area (Å²) < 4.78 is 21.0. The number of halogens is 1. The summed E-state index contributed by atoms with van der Waals surface area (Å²) in [6.07, 6.45) is 5.21. The summed E-state index contributed by atoms with van der Waals surface area (Å²) in [5.41, 5.74) is 2.63. The first-order valence-corrected chi connectivity index (χ1v) is 11.9. The van der Waals surface area contributed by atoms with Crippen LogP contribution in [0.4, 0.5) is 10.3 Å². The van der Waals surface area contributed by atoms with E-state index < -0.39 is 11.8 Å². The van der Waals surface area contributed by atoms with Crippen molar-refractivity contribution in [2.24, 2.45) is 0 Å². The molecule has 4 heterocycles. The molecule has 3 aromatic heterocycles. The maximum atomic E-state index is 14.0. The fourth-order valence-electron chi connectivity index (χ4n) is 4.55.